The number of rotatable bonds is 5. The SMILES string of the molecule is CCCc1cc(=O)n2nc(N3CCN(c4cncc(OC)n4)CC3)sc2n1. The molecule has 0 spiro atoms. The fourth-order valence-corrected chi connectivity index (χ4v) is 4.05. The molecule has 4 heterocycles. The van der Waals surface area contributed by atoms with E-state index in [1.54, 1.807) is 25.6 Å². The Balaban J connectivity index is 1.50. The lowest BCUT2D eigenvalue weighted by Crippen LogP contribution is -2.47. The Labute approximate surface area is 160 Å². The van der Waals surface area contributed by atoms with E-state index in [2.05, 4.69) is 36.8 Å². The summed E-state index contributed by atoms with van der Waals surface area (Å²) in [5.74, 6) is 1.31. The van der Waals surface area contributed by atoms with E-state index in [-0.39, 0.29) is 5.56 Å². The maximum atomic E-state index is 12.3. The van der Waals surface area contributed by atoms with Crippen LogP contribution in [0.15, 0.2) is 23.3 Å². The molecule has 9 nitrogen and oxygen atoms in total. The van der Waals surface area contributed by atoms with Crippen LogP contribution in [0.2, 0.25) is 0 Å². The van der Waals surface area contributed by atoms with Gasteiger partial charge in [0.15, 0.2) is 5.82 Å². The maximum Gasteiger partial charge on any atom is 0.275 e. The highest BCUT2D eigenvalue weighted by atomic mass is 32.1. The molecule has 10 heteroatoms. The van der Waals surface area contributed by atoms with Gasteiger partial charge in [0, 0.05) is 37.9 Å². The lowest BCUT2D eigenvalue weighted by molar-refractivity contribution is 0.395. The molecule has 3 aromatic rings. The second-order valence-corrected chi connectivity index (χ2v) is 7.24. The third-order valence-electron chi connectivity index (χ3n) is 4.48. The van der Waals surface area contributed by atoms with Gasteiger partial charge in [-0.05, 0) is 6.42 Å². The summed E-state index contributed by atoms with van der Waals surface area (Å²) >= 11 is 1.46. The molecule has 1 saturated heterocycles. The van der Waals surface area contributed by atoms with Crippen molar-refractivity contribution in [1.29, 1.82) is 0 Å². The van der Waals surface area contributed by atoms with E-state index in [9.17, 15) is 4.79 Å². The molecule has 0 bridgehead atoms. The van der Waals surface area contributed by atoms with Gasteiger partial charge in [0.2, 0.25) is 16.0 Å². The van der Waals surface area contributed by atoms with Crippen LogP contribution in [-0.4, -0.2) is 57.9 Å². The quantitative estimate of drug-likeness (QED) is 0.646. The summed E-state index contributed by atoms with van der Waals surface area (Å²) < 4.78 is 6.55. The molecule has 0 amide bonds. The van der Waals surface area contributed by atoms with E-state index < -0.39 is 0 Å². The minimum Gasteiger partial charge on any atom is -0.480 e. The summed E-state index contributed by atoms with van der Waals surface area (Å²) in [5, 5.41) is 5.31. The Morgan fingerprint density at radius 2 is 1.93 bits per heavy atom. The van der Waals surface area contributed by atoms with Gasteiger partial charge in [-0.1, -0.05) is 24.7 Å². The maximum absolute atomic E-state index is 12.3. The van der Waals surface area contributed by atoms with Crippen LogP contribution >= 0.6 is 11.3 Å². The van der Waals surface area contributed by atoms with E-state index in [4.69, 9.17) is 4.74 Å². The Bertz CT molecular complexity index is 994. The smallest absolute Gasteiger partial charge is 0.275 e. The third-order valence-corrected chi connectivity index (χ3v) is 5.45. The van der Waals surface area contributed by atoms with Gasteiger partial charge < -0.3 is 14.5 Å². The number of aromatic nitrogens is 5. The Hall–Kier alpha value is -2.75. The average Bonchev–Trinajstić information content (AvgIpc) is 3.13. The zero-order valence-corrected chi connectivity index (χ0v) is 16.1. The summed E-state index contributed by atoms with van der Waals surface area (Å²) in [5.41, 5.74) is 0.718. The van der Waals surface area contributed by atoms with Gasteiger partial charge in [0.05, 0.1) is 19.5 Å². The second-order valence-electron chi connectivity index (χ2n) is 6.31. The van der Waals surface area contributed by atoms with Crippen molar-refractivity contribution in [1.82, 2.24) is 24.6 Å². The van der Waals surface area contributed by atoms with Crippen molar-refractivity contribution < 1.29 is 4.74 Å². The third kappa shape index (κ3) is 3.57. The zero-order chi connectivity index (χ0) is 18.8. The molecule has 3 aromatic heterocycles. The highest BCUT2D eigenvalue weighted by Crippen LogP contribution is 2.24. The largest absolute Gasteiger partial charge is 0.480 e. The van der Waals surface area contributed by atoms with Crippen molar-refractivity contribution in [3.8, 4) is 5.88 Å². The predicted octanol–water partition coefficient (Wildman–Crippen LogP) is 1.23. The first kappa shape index (κ1) is 17.7. The Morgan fingerprint density at radius 3 is 2.67 bits per heavy atom. The normalized spacial score (nSPS) is 14.7. The van der Waals surface area contributed by atoms with E-state index in [1.807, 2.05) is 0 Å². The number of hydrogen-bond donors (Lipinski definition) is 0. The van der Waals surface area contributed by atoms with Crippen LogP contribution in [0.1, 0.15) is 19.0 Å². The molecule has 27 heavy (non-hydrogen) atoms. The summed E-state index contributed by atoms with van der Waals surface area (Å²) in [4.78, 5) is 30.5. The lowest BCUT2D eigenvalue weighted by Gasteiger charge is -2.34. The van der Waals surface area contributed by atoms with Crippen molar-refractivity contribution in [3.63, 3.8) is 0 Å². The molecule has 0 N–H and O–H groups in total. The van der Waals surface area contributed by atoms with Crippen molar-refractivity contribution in [2.24, 2.45) is 0 Å². The first-order valence-corrected chi connectivity index (χ1v) is 9.75. The van der Waals surface area contributed by atoms with Crippen molar-refractivity contribution in [2.45, 2.75) is 19.8 Å². The van der Waals surface area contributed by atoms with Crippen LogP contribution in [-0.2, 0) is 6.42 Å². The van der Waals surface area contributed by atoms with Gasteiger partial charge in [-0.15, -0.1) is 5.10 Å². The fourth-order valence-electron chi connectivity index (χ4n) is 3.07. The molecule has 0 saturated carbocycles. The Morgan fingerprint density at radius 1 is 1.15 bits per heavy atom. The van der Waals surface area contributed by atoms with Crippen LogP contribution in [0.4, 0.5) is 10.9 Å². The fraction of sp³-hybridized carbons (Fsp3) is 0.471. The predicted molar refractivity (Wildman–Crippen MR) is 104 cm³/mol. The standard InChI is InChI=1S/C17H21N7O2S/c1-3-4-12-9-15(25)24-16(19-12)27-17(21-24)23-7-5-22(6-8-23)13-10-18-11-14(20-13)26-2/h9-11H,3-8H2,1-2H3. The van der Waals surface area contributed by atoms with E-state index in [1.165, 1.54) is 15.9 Å². The van der Waals surface area contributed by atoms with Gasteiger partial charge in [-0.25, -0.2) is 4.98 Å². The molecular weight excluding hydrogens is 366 g/mol. The molecular formula is C17H21N7O2S. The summed E-state index contributed by atoms with van der Waals surface area (Å²) in [7, 11) is 1.58. The molecule has 1 aliphatic rings. The molecule has 0 radical (unpaired) electrons. The van der Waals surface area contributed by atoms with E-state index in [0.717, 1.165) is 55.7 Å². The number of aryl methyl sites for hydroxylation is 1. The summed E-state index contributed by atoms with van der Waals surface area (Å²) in [6.45, 7) is 5.24. The van der Waals surface area contributed by atoms with Gasteiger partial charge in [0.25, 0.3) is 5.56 Å². The molecule has 1 aliphatic heterocycles. The highest BCUT2D eigenvalue weighted by molar-refractivity contribution is 7.20. The topological polar surface area (TPSA) is 88.8 Å². The van der Waals surface area contributed by atoms with Gasteiger partial charge in [0.1, 0.15) is 0 Å². The van der Waals surface area contributed by atoms with Crippen LogP contribution in [0.3, 0.4) is 0 Å². The van der Waals surface area contributed by atoms with Crippen LogP contribution in [0.25, 0.3) is 4.96 Å². The van der Waals surface area contributed by atoms with Crippen molar-refractivity contribution in [2.75, 3.05) is 43.1 Å². The molecule has 0 atom stereocenters. The number of piperazine rings is 1. The van der Waals surface area contributed by atoms with E-state index >= 15 is 0 Å². The van der Waals surface area contributed by atoms with Crippen LogP contribution in [0.5, 0.6) is 5.88 Å². The first-order valence-electron chi connectivity index (χ1n) is 8.93. The number of hydrogen-bond acceptors (Lipinski definition) is 9. The van der Waals surface area contributed by atoms with Crippen LogP contribution < -0.4 is 20.1 Å². The minimum atomic E-state index is -0.115. The van der Waals surface area contributed by atoms with Gasteiger partial charge in [-0.3, -0.25) is 9.78 Å². The molecule has 4 rings (SSSR count). The van der Waals surface area contributed by atoms with Crippen molar-refractivity contribution >= 4 is 27.2 Å². The lowest BCUT2D eigenvalue weighted by atomic mass is 10.2. The number of fused-ring (bicyclic) bond motifs is 1. The van der Waals surface area contributed by atoms with Gasteiger partial charge in [-0.2, -0.15) is 9.50 Å². The Kier molecular flexibility index (Phi) is 4.88. The number of ether oxygens (including phenoxy) is 1. The summed E-state index contributed by atoms with van der Waals surface area (Å²) in [6, 6.07) is 1.58. The monoisotopic (exact) mass is 387 g/mol. The molecule has 0 aromatic carbocycles. The molecule has 142 valence electrons. The summed E-state index contributed by atoms with van der Waals surface area (Å²) in [6.07, 6.45) is 5.11. The highest BCUT2D eigenvalue weighted by Gasteiger charge is 2.22. The zero-order valence-electron chi connectivity index (χ0n) is 15.3. The number of anilines is 2. The average molecular weight is 387 g/mol. The minimum absolute atomic E-state index is 0.115. The van der Waals surface area contributed by atoms with Crippen LogP contribution in [0, 0.1) is 0 Å². The first-order chi connectivity index (χ1) is 13.2. The van der Waals surface area contributed by atoms with Crippen molar-refractivity contribution in [3.05, 3.63) is 34.5 Å². The van der Waals surface area contributed by atoms with Gasteiger partial charge >= 0.3 is 0 Å². The molecule has 0 unspecified atom stereocenters. The number of methoxy groups -OCH3 is 1. The molecule has 1 fully saturated rings. The second kappa shape index (κ2) is 7.47. The number of nitrogens with zero attached hydrogens (tertiary/aromatic N) is 7. The van der Waals surface area contributed by atoms with E-state index in [0.29, 0.717) is 10.8 Å². The molecule has 0 aliphatic carbocycles.